The van der Waals surface area contributed by atoms with E-state index in [1.54, 1.807) is 7.11 Å². The first-order valence-corrected chi connectivity index (χ1v) is 7.81. The Hall–Kier alpha value is -1.09. The van der Waals surface area contributed by atoms with E-state index in [4.69, 9.17) is 16.3 Å². The van der Waals surface area contributed by atoms with Crippen molar-refractivity contribution in [3.8, 4) is 0 Å². The van der Waals surface area contributed by atoms with Crippen LogP contribution in [0.3, 0.4) is 0 Å². The van der Waals surface area contributed by atoms with E-state index >= 15 is 0 Å². The largest absolute Gasteiger partial charge is 0.377 e. The summed E-state index contributed by atoms with van der Waals surface area (Å²) >= 11 is 6.03. The van der Waals surface area contributed by atoms with Gasteiger partial charge in [0.2, 0.25) is 0 Å². The first-order valence-electron chi connectivity index (χ1n) is 7.43. The van der Waals surface area contributed by atoms with Gasteiger partial charge < -0.3 is 10.1 Å². The van der Waals surface area contributed by atoms with E-state index in [0.717, 1.165) is 30.1 Å². The summed E-state index contributed by atoms with van der Waals surface area (Å²) in [6.45, 7) is 7.88. The average Bonchev–Trinajstić information content (AvgIpc) is 2.49. The molecule has 0 aliphatic rings. The second-order valence-electron chi connectivity index (χ2n) is 5.11. The highest BCUT2D eigenvalue weighted by Crippen LogP contribution is 2.16. The van der Waals surface area contributed by atoms with Gasteiger partial charge in [0.1, 0.15) is 0 Å². The predicted octanol–water partition coefficient (Wildman–Crippen LogP) is 4.67. The van der Waals surface area contributed by atoms with E-state index in [0.29, 0.717) is 0 Å². The van der Waals surface area contributed by atoms with Gasteiger partial charge in [-0.15, -0.1) is 0 Å². The number of allylic oxidation sites excluding steroid dienone is 1. The van der Waals surface area contributed by atoms with Crippen molar-refractivity contribution in [1.29, 1.82) is 0 Å². The normalized spacial score (nSPS) is 13.9. The lowest BCUT2D eigenvalue weighted by Crippen LogP contribution is -2.15. The van der Waals surface area contributed by atoms with Crippen LogP contribution in [0.5, 0.6) is 0 Å². The van der Waals surface area contributed by atoms with E-state index in [9.17, 15) is 0 Å². The average molecular weight is 308 g/mol. The molecule has 3 heteroatoms. The van der Waals surface area contributed by atoms with E-state index in [1.165, 1.54) is 11.1 Å². The number of benzene rings is 1. The van der Waals surface area contributed by atoms with Gasteiger partial charge in [-0.3, -0.25) is 0 Å². The highest BCUT2D eigenvalue weighted by molar-refractivity contribution is 6.31. The molecule has 0 aromatic heterocycles. The summed E-state index contributed by atoms with van der Waals surface area (Å²) in [5, 5.41) is 4.24. The fraction of sp³-hybridized carbons (Fsp3) is 0.444. The Balaban J connectivity index is 2.54. The molecular formula is C18H26ClNO. The highest BCUT2D eigenvalue weighted by Gasteiger charge is 2.03. The summed E-state index contributed by atoms with van der Waals surface area (Å²) in [4.78, 5) is 0. The third kappa shape index (κ3) is 6.47. The molecule has 0 bridgehead atoms. The quantitative estimate of drug-likeness (QED) is 0.557. The van der Waals surface area contributed by atoms with Crippen molar-refractivity contribution in [1.82, 2.24) is 5.32 Å². The molecule has 0 spiro atoms. The first-order chi connectivity index (χ1) is 10.1. The van der Waals surface area contributed by atoms with Crippen molar-refractivity contribution in [3.63, 3.8) is 0 Å². The van der Waals surface area contributed by atoms with Crippen molar-refractivity contribution < 1.29 is 4.74 Å². The minimum absolute atomic E-state index is 0.118. The number of hydrogen-bond acceptors (Lipinski definition) is 2. The van der Waals surface area contributed by atoms with Crippen molar-refractivity contribution in [2.24, 2.45) is 0 Å². The van der Waals surface area contributed by atoms with Gasteiger partial charge in [-0.05, 0) is 43.0 Å². The molecule has 1 rings (SSSR count). The van der Waals surface area contributed by atoms with Crippen LogP contribution in [0.1, 0.15) is 31.4 Å². The summed E-state index contributed by atoms with van der Waals surface area (Å²) < 4.78 is 5.39. The number of methoxy groups -OCH3 is 1. The number of halogens is 1. The van der Waals surface area contributed by atoms with Crippen LogP contribution >= 0.6 is 11.6 Å². The third-order valence-corrected chi connectivity index (χ3v) is 3.83. The molecule has 0 saturated heterocycles. The van der Waals surface area contributed by atoms with E-state index in [-0.39, 0.29) is 6.10 Å². The summed E-state index contributed by atoms with van der Waals surface area (Å²) in [6, 6.07) is 6.13. The van der Waals surface area contributed by atoms with Crippen LogP contribution in [0.2, 0.25) is 5.02 Å². The van der Waals surface area contributed by atoms with Crippen molar-refractivity contribution >= 4 is 11.6 Å². The predicted molar refractivity (Wildman–Crippen MR) is 91.9 cm³/mol. The van der Waals surface area contributed by atoms with Gasteiger partial charge in [-0.2, -0.15) is 0 Å². The summed E-state index contributed by atoms with van der Waals surface area (Å²) in [5.74, 6) is 0. The van der Waals surface area contributed by atoms with Crippen molar-refractivity contribution in [2.75, 3.05) is 13.7 Å². The lowest BCUT2D eigenvalue weighted by molar-refractivity contribution is 0.149. The van der Waals surface area contributed by atoms with Crippen molar-refractivity contribution in [2.45, 2.75) is 39.8 Å². The van der Waals surface area contributed by atoms with E-state index in [2.05, 4.69) is 49.5 Å². The Morgan fingerprint density at radius 3 is 2.81 bits per heavy atom. The second kappa shape index (κ2) is 9.78. The van der Waals surface area contributed by atoms with Crippen LogP contribution in [0.25, 0.3) is 0 Å². The molecule has 0 radical (unpaired) electrons. The standard InChI is InChI=1S/C18H26ClNO/c1-5-6-7-17(15(3)21-4)10-11-20-13-16-8-9-18(19)14(2)12-16/h6-10,12,15,20H,5,11,13H2,1-4H3/b7-6-,17-10+. The van der Waals surface area contributed by atoms with Gasteiger partial charge in [0.25, 0.3) is 0 Å². The van der Waals surface area contributed by atoms with Gasteiger partial charge in [0.05, 0.1) is 6.10 Å². The topological polar surface area (TPSA) is 21.3 Å². The Morgan fingerprint density at radius 2 is 2.19 bits per heavy atom. The molecule has 1 N–H and O–H groups in total. The fourth-order valence-corrected chi connectivity index (χ4v) is 2.10. The maximum absolute atomic E-state index is 6.03. The molecule has 1 aromatic rings. The SMILES string of the molecule is CC/C=C\C(=C/CNCc1ccc(Cl)c(C)c1)C(C)OC. The van der Waals surface area contributed by atoms with Gasteiger partial charge >= 0.3 is 0 Å². The number of rotatable bonds is 8. The molecule has 1 unspecified atom stereocenters. The maximum Gasteiger partial charge on any atom is 0.0790 e. The Morgan fingerprint density at radius 1 is 1.43 bits per heavy atom. The summed E-state index contributed by atoms with van der Waals surface area (Å²) in [7, 11) is 1.74. The summed E-state index contributed by atoms with van der Waals surface area (Å²) in [5.41, 5.74) is 3.57. The van der Waals surface area contributed by atoms with Crippen LogP contribution in [0, 0.1) is 6.92 Å². The molecule has 0 amide bonds. The lowest BCUT2D eigenvalue weighted by Gasteiger charge is -2.11. The van der Waals surface area contributed by atoms with Crippen LogP contribution in [0.15, 0.2) is 42.0 Å². The molecule has 2 nitrogen and oxygen atoms in total. The third-order valence-electron chi connectivity index (χ3n) is 3.40. The molecule has 0 aliphatic heterocycles. The second-order valence-corrected chi connectivity index (χ2v) is 5.51. The monoisotopic (exact) mass is 307 g/mol. The fourth-order valence-electron chi connectivity index (χ4n) is 1.98. The molecule has 0 fully saturated rings. The molecule has 0 saturated carbocycles. The van der Waals surface area contributed by atoms with Gasteiger partial charge in [-0.1, -0.05) is 48.9 Å². The molecule has 1 aromatic carbocycles. The molecule has 0 aliphatic carbocycles. The van der Waals surface area contributed by atoms with Crippen LogP contribution < -0.4 is 5.32 Å². The minimum atomic E-state index is 0.118. The zero-order chi connectivity index (χ0) is 15.7. The lowest BCUT2D eigenvalue weighted by atomic mass is 10.1. The Kier molecular flexibility index (Phi) is 8.36. The number of hydrogen-bond donors (Lipinski definition) is 1. The van der Waals surface area contributed by atoms with Gasteiger partial charge in [0, 0.05) is 25.2 Å². The van der Waals surface area contributed by atoms with E-state index in [1.807, 2.05) is 13.0 Å². The minimum Gasteiger partial charge on any atom is -0.377 e. The number of aryl methyl sites for hydroxylation is 1. The zero-order valence-corrected chi connectivity index (χ0v) is 14.2. The zero-order valence-electron chi connectivity index (χ0n) is 13.4. The Bertz CT molecular complexity index is 494. The van der Waals surface area contributed by atoms with Gasteiger partial charge in [-0.25, -0.2) is 0 Å². The molecule has 0 heterocycles. The van der Waals surface area contributed by atoms with Gasteiger partial charge in [0.15, 0.2) is 0 Å². The molecule has 1 atom stereocenters. The van der Waals surface area contributed by atoms with Crippen molar-refractivity contribution in [3.05, 3.63) is 58.1 Å². The van der Waals surface area contributed by atoms with Crippen LogP contribution in [0.4, 0.5) is 0 Å². The number of ether oxygens (including phenoxy) is 1. The van der Waals surface area contributed by atoms with E-state index < -0.39 is 0 Å². The molecular weight excluding hydrogens is 282 g/mol. The smallest absolute Gasteiger partial charge is 0.0790 e. The highest BCUT2D eigenvalue weighted by atomic mass is 35.5. The first kappa shape index (κ1) is 18.0. The maximum atomic E-state index is 6.03. The molecule has 116 valence electrons. The molecule has 21 heavy (non-hydrogen) atoms. The number of nitrogens with one attached hydrogen (secondary N) is 1. The Labute approximate surface area is 133 Å². The summed E-state index contributed by atoms with van der Waals surface area (Å²) in [6.07, 6.45) is 7.63. The van der Waals surface area contributed by atoms with Crippen LogP contribution in [-0.4, -0.2) is 19.8 Å². The van der Waals surface area contributed by atoms with Crippen LogP contribution in [-0.2, 0) is 11.3 Å².